The Balaban J connectivity index is 2.32. The van der Waals surface area contributed by atoms with Crippen molar-refractivity contribution in [1.29, 1.82) is 0 Å². The lowest BCUT2D eigenvalue weighted by molar-refractivity contribution is 0.850. The summed E-state index contributed by atoms with van der Waals surface area (Å²) in [6.45, 7) is 6.33. The first-order valence-electron chi connectivity index (χ1n) is 6.35. The zero-order valence-corrected chi connectivity index (χ0v) is 12.0. The zero-order valence-electron chi connectivity index (χ0n) is 11.2. The number of rotatable bonds is 5. The maximum absolute atomic E-state index is 4.28. The summed E-state index contributed by atoms with van der Waals surface area (Å²) >= 11 is 1.79. The van der Waals surface area contributed by atoms with Crippen LogP contribution in [0.4, 0.5) is 0 Å². The summed E-state index contributed by atoms with van der Waals surface area (Å²) in [7, 11) is 0. The largest absolute Gasteiger partial charge is 0.274 e. The molecule has 2 aromatic rings. The molecule has 1 aromatic heterocycles. The minimum atomic E-state index is 0.947. The highest BCUT2D eigenvalue weighted by Gasteiger charge is 2.12. The van der Waals surface area contributed by atoms with Crippen LogP contribution < -0.4 is 0 Å². The molecule has 1 heterocycles. The van der Waals surface area contributed by atoms with E-state index in [0.717, 1.165) is 16.7 Å². The Morgan fingerprint density at radius 3 is 2.67 bits per heavy atom. The van der Waals surface area contributed by atoms with Crippen LogP contribution in [0.2, 0.25) is 0 Å². The first kappa shape index (κ1) is 13.1. The molecular weight excluding hydrogens is 242 g/mol. The molecule has 0 aliphatic rings. The SMILES string of the molecule is CCCCSc1nnc(C)n1-c1ccccc1C. The van der Waals surface area contributed by atoms with Crippen molar-refractivity contribution in [3.05, 3.63) is 35.7 Å². The van der Waals surface area contributed by atoms with E-state index in [2.05, 4.69) is 52.9 Å². The molecule has 0 N–H and O–H groups in total. The molecule has 4 heteroatoms. The molecular formula is C14H19N3S. The maximum Gasteiger partial charge on any atom is 0.195 e. The third-order valence-electron chi connectivity index (χ3n) is 2.88. The van der Waals surface area contributed by atoms with Crippen molar-refractivity contribution in [3.63, 3.8) is 0 Å². The Labute approximate surface area is 113 Å². The second-order valence-corrected chi connectivity index (χ2v) is 5.42. The Morgan fingerprint density at radius 2 is 1.94 bits per heavy atom. The zero-order chi connectivity index (χ0) is 13.0. The number of hydrogen-bond acceptors (Lipinski definition) is 3. The standard InChI is InChI=1S/C14H19N3S/c1-4-5-10-18-14-16-15-12(3)17(14)13-9-7-6-8-11(13)2/h6-9H,4-5,10H2,1-3H3. The Hall–Kier alpha value is -1.29. The average molecular weight is 261 g/mol. The molecule has 0 radical (unpaired) electrons. The van der Waals surface area contributed by atoms with Gasteiger partial charge in [0.15, 0.2) is 5.16 Å². The van der Waals surface area contributed by atoms with Crippen molar-refractivity contribution < 1.29 is 0 Å². The van der Waals surface area contributed by atoms with E-state index >= 15 is 0 Å². The van der Waals surface area contributed by atoms with Gasteiger partial charge in [0, 0.05) is 5.75 Å². The summed E-state index contributed by atoms with van der Waals surface area (Å²) in [5.41, 5.74) is 2.43. The predicted octanol–water partition coefficient (Wildman–Crippen LogP) is 3.78. The van der Waals surface area contributed by atoms with Crippen LogP contribution in [0.3, 0.4) is 0 Å². The molecule has 0 unspecified atom stereocenters. The van der Waals surface area contributed by atoms with E-state index < -0.39 is 0 Å². The summed E-state index contributed by atoms with van der Waals surface area (Å²) in [6.07, 6.45) is 2.43. The van der Waals surface area contributed by atoms with E-state index in [1.807, 2.05) is 6.92 Å². The first-order valence-corrected chi connectivity index (χ1v) is 7.33. The number of unbranched alkanes of at least 4 members (excludes halogenated alkanes) is 1. The number of aryl methyl sites for hydroxylation is 2. The average Bonchev–Trinajstić information content (AvgIpc) is 2.72. The summed E-state index contributed by atoms with van der Waals surface area (Å²) in [5.74, 6) is 2.05. The minimum Gasteiger partial charge on any atom is -0.274 e. The lowest BCUT2D eigenvalue weighted by Crippen LogP contribution is -2.01. The highest BCUT2D eigenvalue weighted by Crippen LogP contribution is 2.24. The fourth-order valence-electron chi connectivity index (χ4n) is 1.84. The normalized spacial score (nSPS) is 10.8. The number of thioether (sulfide) groups is 1. The Bertz CT molecular complexity index is 520. The van der Waals surface area contributed by atoms with Crippen LogP contribution in [-0.2, 0) is 0 Å². The van der Waals surface area contributed by atoms with Gasteiger partial charge in [0.1, 0.15) is 5.82 Å². The minimum absolute atomic E-state index is 0.947. The van der Waals surface area contributed by atoms with E-state index in [0.29, 0.717) is 0 Å². The Morgan fingerprint density at radius 1 is 1.17 bits per heavy atom. The number of hydrogen-bond donors (Lipinski definition) is 0. The van der Waals surface area contributed by atoms with Gasteiger partial charge >= 0.3 is 0 Å². The molecule has 0 spiro atoms. The van der Waals surface area contributed by atoms with Crippen LogP contribution in [-0.4, -0.2) is 20.5 Å². The number of aromatic nitrogens is 3. The van der Waals surface area contributed by atoms with Crippen molar-refractivity contribution in [2.75, 3.05) is 5.75 Å². The van der Waals surface area contributed by atoms with E-state index in [-0.39, 0.29) is 0 Å². The van der Waals surface area contributed by atoms with Gasteiger partial charge in [-0.1, -0.05) is 43.3 Å². The summed E-state index contributed by atoms with van der Waals surface area (Å²) in [5, 5.41) is 9.48. The van der Waals surface area contributed by atoms with Crippen LogP contribution in [0, 0.1) is 13.8 Å². The van der Waals surface area contributed by atoms with Gasteiger partial charge in [-0.2, -0.15) is 0 Å². The summed E-state index contributed by atoms with van der Waals surface area (Å²) in [4.78, 5) is 0. The van der Waals surface area contributed by atoms with Gasteiger partial charge < -0.3 is 0 Å². The fraction of sp³-hybridized carbons (Fsp3) is 0.429. The molecule has 0 bridgehead atoms. The summed E-state index contributed by atoms with van der Waals surface area (Å²) < 4.78 is 2.15. The molecule has 0 atom stereocenters. The van der Waals surface area contributed by atoms with Gasteiger partial charge in [0.25, 0.3) is 0 Å². The molecule has 0 amide bonds. The molecule has 96 valence electrons. The molecule has 0 fully saturated rings. The van der Waals surface area contributed by atoms with Crippen molar-refractivity contribution in [1.82, 2.24) is 14.8 Å². The van der Waals surface area contributed by atoms with Crippen LogP contribution in [0.25, 0.3) is 5.69 Å². The number of para-hydroxylation sites is 1. The van der Waals surface area contributed by atoms with E-state index in [9.17, 15) is 0 Å². The monoisotopic (exact) mass is 261 g/mol. The number of nitrogens with zero attached hydrogens (tertiary/aromatic N) is 3. The second kappa shape index (κ2) is 6.05. The van der Waals surface area contributed by atoms with Gasteiger partial charge in [-0.15, -0.1) is 10.2 Å². The predicted molar refractivity (Wildman–Crippen MR) is 76.5 cm³/mol. The molecule has 2 rings (SSSR count). The van der Waals surface area contributed by atoms with Gasteiger partial charge in [-0.25, -0.2) is 0 Å². The second-order valence-electron chi connectivity index (χ2n) is 4.35. The molecule has 3 nitrogen and oxygen atoms in total. The van der Waals surface area contributed by atoms with Gasteiger partial charge in [0.2, 0.25) is 0 Å². The molecule has 0 saturated heterocycles. The van der Waals surface area contributed by atoms with E-state index in [1.165, 1.54) is 24.1 Å². The lowest BCUT2D eigenvalue weighted by atomic mass is 10.2. The molecule has 0 aliphatic heterocycles. The molecule has 0 aliphatic carbocycles. The quantitative estimate of drug-likeness (QED) is 0.606. The third-order valence-corrected chi connectivity index (χ3v) is 3.90. The molecule has 1 aromatic carbocycles. The Kier molecular flexibility index (Phi) is 4.42. The topological polar surface area (TPSA) is 30.7 Å². The highest BCUT2D eigenvalue weighted by atomic mass is 32.2. The van der Waals surface area contributed by atoms with Crippen molar-refractivity contribution >= 4 is 11.8 Å². The van der Waals surface area contributed by atoms with E-state index in [1.54, 1.807) is 11.8 Å². The third kappa shape index (κ3) is 2.75. The maximum atomic E-state index is 4.28. The first-order chi connectivity index (χ1) is 8.74. The fourth-order valence-corrected chi connectivity index (χ4v) is 2.91. The van der Waals surface area contributed by atoms with Gasteiger partial charge in [-0.05, 0) is 31.9 Å². The van der Waals surface area contributed by atoms with Gasteiger partial charge in [0.05, 0.1) is 5.69 Å². The van der Waals surface area contributed by atoms with Crippen molar-refractivity contribution in [2.45, 2.75) is 38.8 Å². The van der Waals surface area contributed by atoms with Crippen LogP contribution in [0.15, 0.2) is 29.4 Å². The van der Waals surface area contributed by atoms with Crippen molar-refractivity contribution in [3.8, 4) is 5.69 Å². The van der Waals surface area contributed by atoms with Crippen LogP contribution >= 0.6 is 11.8 Å². The van der Waals surface area contributed by atoms with Crippen molar-refractivity contribution in [2.24, 2.45) is 0 Å². The molecule has 18 heavy (non-hydrogen) atoms. The molecule has 0 saturated carbocycles. The number of benzene rings is 1. The highest BCUT2D eigenvalue weighted by molar-refractivity contribution is 7.99. The lowest BCUT2D eigenvalue weighted by Gasteiger charge is -2.10. The summed E-state index contributed by atoms with van der Waals surface area (Å²) in [6, 6.07) is 8.36. The van der Waals surface area contributed by atoms with Gasteiger partial charge in [-0.3, -0.25) is 4.57 Å². The smallest absolute Gasteiger partial charge is 0.195 e. The van der Waals surface area contributed by atoms with Crippen LogP contribution in [0.5, 0.6) is 0 Å². The van der Waals surface area contributed by atoms with Crippen LogP contribution in [0.1, 0.15) is 31.2 Å². The van der Waals surface area contributed by atoms with E-state index in [4.69, 9.17) is 0 Å².